The van der Waals surface area contributed by atoms with Crippen molar-refractivity contribution in [2.75, 3.05) is 4.67 Å². The van der Waals surface area contributed by atoms with E-state index in [1.54, 1.807) is 0 Å². The topological polar surface area (TPSA) is 29.5 Å². The van der Waals surface area contributed by atoms with Crippen molar-refractivity contribution in [2.45, 2.75) is 13.0 Å². The lowest BCUT2D eigenvalue weighted by molar-refractivity contribution is 0.626. The molecular formula is C58H43NO2P2. The first-order valence-electron chi connectivity index (χ1n) is 21.4. The Labute approximate surface area is 369 Å². The van der Waals surface area contributed by atoms with Crippen LogP contribution >= 0.6 is 16.1 Å². The Bertz CT molecular complexity index is 3350. The summed E-state index contributed by atoms with van der Waals surface area (Å²) in [5, 5.41) is 13.0. The van der Waals surface area contributed by atoms with Crippen molar-refractivity contribution in [1.29, 1.82) is 0 Å². The summed E-state index contributed by atoms with van der Waals surface area (Å²) in [5.41, 5.74) is 6.47. The van der Waals surface area contributed by atoms with Gasteiger partial charge in [-0.1, -0.05) is 230 Å². The van der Waals surface area contributed by atoms with E-state index in [4.69, 9.17) is 8.39 Å². The van der Waals surface area contributed by atoms with E-state index < -0.39 is 16.1 Å². The number of para-hydroxylation sites is 1. The third-order valence-corrected chi connectivity index (χ3v) is 15.9. The fourth-order valence-corrected chi connectivity index (χ4v) is 13.2. The second-order valence-corrected chi connectivity index (χ2v) is 19.3. The van der Waals surface area contributed by atoms with Crippen LogP contribution in [0.2, 0.25) is 0 Å². The van der Waals surface area contributed by atoms with Gasteiger partial charge in [-0.15, -0.1) is 0 Å². The van der Waals surface area contributed by atoms with Crippen molar-refractivity contribution in [3.8, 4) is 0 Å². The van der Waals surface area contributed by atoms with Crippen molar-refractivity contribution >= 4 is 98.0 Å². The van der Waals surface area contributed by atoms with E-state index >= 15 is 0 Å². The van der Waals surface area contributed by atoms with E-state index in [0.29, 0.717) is 0 Å². The third kappa shape index (κ3) is 7.30. The third-order valence-electron chi connectivity index (χ3n) is 11.9. The lowest BCUT2D eigenvalue weighted by Gasteiger charge is -2.36. The molecule has 2 heterocycles. The number of nitrogens with zero attached hydrogens (tertiary/aromatic N) is 1. The number of aryl methyl sites for hydroxylation is 1. The molecule has 1 aliphatic heterocycles. The molecule has 12 rings (SSSR count). The number of rotatable bonds is 5. The summed E-state index contributed by atoms with van der Waals surface area (Å²) in [7, 11) is -2.76. The second kappa shape index (κ2) is 17.0. The van der Waals surface area contributed by atoms with Crippen LogP contribution in [0, 0.1) is 6.92 Å². The number of fused-ring (bicyclic) bond motifs is 9. The van der Waals surface area contributed by atoms with E-state index in [9.17, 15) is 0 Å². The molecule has 63 heavy (non-hydrogen) atoms. The van der Waals surface area contributed by atoms with Crippen LogP contribution in [0.4, 0.5) is 5.69 Å². The van der Waals surface area contributed by atoms with Gasteiger partial charge in [-0.25, -0.2) is 0 Å². The first kappa shape index (κ1) is 38.7. The summed E-state index contributed by atoms with van der Waals surface area (Å²) in [6, 6.07) is 80.0. The number of hydrogen-bond donors (Lipinski definition) is 0. The van der Waals surface area contributed by atoms with Crippen molar-refractivity contribution in [3.63, 3.8) is 0 Å². The minimum atomic E-state index is -1.79. The Morgan fingerprint density at radius 3 is 1.48 bits per heavy atom. The molecule has 0 saturated heterocycles. The van der Waals surface area contributed by atoms with Crippen molar-refractivity contribution in [3.05, 3.63) is 247 Å². The fourth-order valence-electron chi connectivity index (χ4n) is 9.02. The van der Waals surface area contributed by atoms with Gasteiger partial charge in [0.2, 0.25) is 0 Å². The molecule has 0 aliphatic carbocycles. The fraction of sp³-hybridized carbons (Fsp3) is 0.0345. The van der Waals surface area contributed by atoms with Crippen molar-refractivity contribution < 1.29 is 8.39 Å². The maximum absolute atomic E-state index is 7.44. The predicted molar refractivity (Wildman–Crippen MR) is 271 cm³/mol. The van der Waals surface area contributed by atoms with Gasteiger partial charge in [0.25, 0.3) is 0 Å². The molecule has 0 amide bonds. The van der Waals surface area contributed by atoms with Gasteiger partial charge in [0.1, 0.15) is 11.2 Å². The number of anilines is 1. The van der Waals surface area contributed by atoms with Gasteiger partial charge in [-0.2, -0.15) is 0 Å². The first-order valence-corrected chi connectivity index (χ1v) is 23.9. The largest absolute Gasteiger partial charge is 0.404 e. The van der Waals surface area contributed by atoms with Gasteiger partial charge in [0.15, 0.2) is 0 Å². The summed E-state index contributed by atoms with van der Waals surface area (Å²) in [6.45, 7) is 2.08. The minimum Gasteiger partial charge on any atom is -0.404 e. The molecule has 1 aromatic heterocycles. The zero-order chi connectivity index (χ0) is 42.1. The average molecular weight is 848 g/mol. The molecule has 3 nitrogen and oxygen atoms in total. The van der Waals surface area contributed by atoms with E-state index in [1.165, 1.54) is 48.6 Å². The lowest BCUT2D eigenvalue weighted by atomic mass is 9.95. The summed E-state index contributed by atoms with van der Waals surface area (Å²) in [6.07, 6.45) is 4.64. The van der Waals surface area contributed by atoms with E-state index in [0.717, 1.165) is 44.0 Å². The Hall–Kier alpha value is -7.15. The Kier molecular flexibility index (Phi) is 10.4. The van der Waals surface area contributed by atoms with Crippen LogP contribution in [-0.2, 0) is 0 Å². The lowest BCUT2D eigenvalue weighted by Crippen LogP contribution is -2.30. The molecule has 0 N–H and O–H groups in total. The first-order chi connectivity index (χ1) is 31.2. The molecular weight excluding hydrogens is 805 g/mol. The van der Waals surface area contributed by atoms with E-state index in [2.05, 4.69) is 230 Å². The summed E-state index contributed by atoms with van der Waals surface area (Å²) in [5.74, 6) is 0. The highest BCUT2D eigenvalue weighted by Gasteiger charge is 2.35. The Morgan fingerprint density at radius 2 is 0.921 bits per heavy atom. The van der Waals surface area contributed by atoms with E-state index in [-0.39, 0.29) is 6.04 Å². The quantitative estimate of drug-likeness (QED) is 0.162. The standard InChI is InChI=1S/C51H35NO2P2.C7H8/c1-3-20-39(21-4-1)55(40-22-5-2-6-23-40)48-28-14-19-38-29-32-45(44-27-13-18-35-15-7-10-24-41(35)44)52(51(38)48)56-53-46-33-30-36-16-8-11-25-42(36)49(46)50-43-26-12-9-17-37(43)31-34-47(50)54-56;1-7-5-3-2-4-6-7/h1-34,45H;2-6H,1H3. The molecule has 5 heteroatoms. The monoisotopic (exact) mass is 847 g/mol. The normalized spacial score (nSPS) is 13.4. The second-order valence-electron chi connectivity index (χ2n) is 15.8. The van der Waals surface area contributed by atoms with Crippen LogP contribution < -0.4 is 20.6 Å². The van der Waals surface area contributed by atoms with E-state index in [1.807, 2.05) is 18.2 Å². The molecule has 302 valence electrons. The smallest absolute Gasteiger partial charge is 0.342 e. The van der Waals surface area contributed by atoms with Gasteiger partial charge in [-0.05, 0) is 81.0 Å². The average Bonchev–Trinajstić information content (AvgIpc) is 3.52. The summed E-state index contributed by atoms with van der Waals surface area (Å²) in [4.78, 5) is 0. The highest BCUT2D eigenvalue weighted by molar-refractivity contribution is 7.80. The highest BCUT2D eigenvalue weighted by atomic mass is 31.1. The molecule has 0 bridgehead atoms. The zero-order valence-corrected chi connectivity index (χ0v) is 36.5. The van der Waals surface area contributed by atoms with Crippen LogP contribution in [-0.4, -0.2) is 0 Å². The molecule has 11 aromatic rings. The molecule has 1 aliphatic rings. The molecule has 10 aromatic carbocycles. The Morgan fingerprint density at radius 1 is 0.444 bits per heavy atom. The number of hydrogen-bond acceptors (Lipinski definition) is 3. The van der Waals surface area contributed by atoms with Gasteiger partial charge >= 0.3 is 8.16 Å². The van der Waals surface area contributed by atoms with Crippen LogP contribution in [0.25, 0.3) is 60.3 Å². The molecule has 0 spiro atoms. The Balaban J connectivity index is 0.000000581. The molecule has 1 atom stereocenters. The van der Waals surface area contributed by atoms with Crippen LogP contribution in [0.15, 0.2) is 239 Å². The maximum Gasteiger partial charge on any atom is 0.342 e. The summed E-state index contributed by atoms with van der Waals surface area (Å²) < 4.78 is 17.4. The van der Waals surface area contributed by atoms with Crippen molar-refractivity contribution in [2.24, 2.45) is 0 Å². The molecule has 1 unspecified atom stereocenters. The highest BCUT2D eigenvalue weighted by Crippen LogP contribution is 2.53. The van der Waals surface area contributed by atoms with Crippen molar-refractivity contribution in [1.82, 2.24) is 0 Å². The van der Waals surface area contributed by atoms with Crippen LogP contribution in [0.3, 0.4) is 0 Å². The van der Waals surface area contributed by atoms with Gasteiger partial charge in [-0.3, -0.25) is 4.67 Å². The van der Waals surface area contributed by atoms with Crippen LogP contribution in [0.1, 0.15) is 22.7 Å². The summed E-state index contributed by atoms with van der Waals surface area (Å²) >= 11 is 0. The molecule has 0 fully saturated rings. The van der Waals surface area contributed by atoms with Gasteiger partial charge in [0.05, 0.1) is 11.7 Å². The maximum atomic E-state index is 7.44. The molecule has 0 radical (unpaired) electrons. The van der Waals surface area contributed by atoms with Gasteiger partial charge < -0.3 is 8.39 Å². The number of benzene rings is 10. The minimum absolute atomic E-state index is 0.185. The molecule has 0 saturated carbocycles. The zero-order valence-electron chi connectivity index (χ0n) is 34.8. The SMILES string of the molecule is C1=CC(c2cccc3ccccc23)N(p2oc3ccc4ccccc4c3c3c(ccc4ccccc43)o2)c2c1cccc2P(c1ccccc1)c1ccccc1.Cc1ccccc1. The van der Waals surface area contributed by atoms with Crippen LogP contribution in [0.5, 0.6) is 0 Å². The predicted octanol–water partition coefficient (Wildman–Crippen LogP) is 15.5. The van der Waals surface area contributed by atoms with Gasteiger partial charge in [0, 0.05) is 16.1 Å².